The Hall–Kier alpha value is -1.75. The number of rotatable bonds is 9. The van der Waals surface area contributed by atoms with Crippen molar-refractivity contribution in [1.82, 2.24) is 14.7 Å². The predicted molar refractivity (Wildman–Crippen MR) is 85.5 cm³/mol. The molecular formula is C16H26N4O. The first kappa shape index (κ1) is 15.6. The van der Waals surface area contributed by atoms with Crippen LogP contribution in [-0.2, 0) is 13.0 Å². The van der Waals surface area contributed by atoms with E-state index in [1.54, 1.807) is 6.26 Å². The van der Waals surface area contributed by atoms with Gasteiger partial charge < -0.3 is 14.6 Å². The Morgan fingerprint density at radius 3 is 2.86 bits per heavy atom. The van der Waals surface area contributed by atoms with E-state index in [2.05, 4.69) is 42.3 Å². The maximum absolute atomic E-state index is 5.37. The summed E-state index contributed by atoms with van der Waals surface area (Å²) >= 11 is 0. The van der Waals surface area contributed by atoms with E-state index < -0.39 is 0 Å². The van der Waals surface area contributed by atoms with Crippen LogP contribution in [0.3, 0.4) is 0 Å². The van der Waals surface area contributed by atoms with Gasteiger partial charge in [0.1, 0.15) is 5.76 Å². The van der Waals surface area contributed by atoms with Crippen LogP contribution in [0.25, 0.3) is 0 Å². The van der Waals surface area contributed by atoms with Gasteiger partial charge >= 0.3 is 0 Å². The molecule has 0 saturated carbocycles. The first-order chi connectivity index (χ1) is 10.2. The van der Waals surface area contributed by atoms with Crippen molar-refractivity contribution < 1.29 is 4.42 Å². The lowest BCUT2D eigenvalue weighted by Crippen LogP contribution is -2.27. The lowest BCUT2D eigenvalue weighted by atomic mass is 10.2. The Morgan fingerprint density at radius 1 is 1.38 bits per heavy atom. The van der Waals surface area contributed by atoms with Crippen molar-refractivity contribution in [1.29, 1.82) is 0 Å². The average molecular weight is 290 g/mol. The molecule has 0 aromatic carbocycles. The molecule has 0 amide bonds. The Morgan fingerprint density at radius 2 is 2.19 bits per heavy atom. The number of likely N-dealkylation sites (N-methyl/N-ethyl adjacent to an activating group) is 1. The van der Waals surface area contributed by atoms with E-state index in [1.165, 1.54) is 0 Å². The van der Waals surface area contributed by atoms with E-state index in [4.69, 9.17) is 4.42 Å². The van der Waals surface area contributed by atoms with Crippen molar-refractivity contribution in [2.45, 2.75) is 39.8 Å². The zero-order valence-electron chi connectivity index (χ0n) is 13.2. The third kappa shape index (κ3) is 4.93. The zero-order chi connectivity index (χ0) is 15.1. The van der Waals surface area contributed by atoms with Gasteiger partial charge in [-0.15, -0.1) is 0 Å². The number of hydrogen-bond donors (Lipinski definition) is 1. The molecule has 116 valence electrons. The van der Waals surface area contributed by atoms with Gasteiger partial charge in [-0.3, -0.25) is 4.68 Å². The highest BCUT2D eigenvalue weighted by atomic mass is 16.3. The fourth-order valence-electron chi connectivity index (χ4n) is 2.41. The van der Waals surface area contributed by atoms with Gasteiger partial charge in [-0.1, -0.05) is 13.8 Å². The largest absolute Gasteiger partial charge is 0.469 e. The lowest BCUT2D eigenvalue weighted by molar-refractivity contribution is 0.285. The summed E-state index contributed by atoms with van der Waals surface area (Å²) in [4.78, 5) is 2.40. The smallest absolute Gasteiger partial charge is 0.105 e. The minimum atomic E-state index is 0.316. The Kier molecular flexibility index (Phi) is 5.87. The first-order valence-corrected chi connectivity index (χ1v) is 7.75. The molecular weight excluding hydrogens is 264 g/mol. The second-order valence-corrected chi connectivity index (χ2v) is 5.35. The Bertz CT molecular complexity index is 502. The molecule has 2 aromatic heterocycles. The molecule has 0 aliphatic carbocycles. The van der Waals surface area contributed by atoms with Crippen molar-refractivity contribution in [2.75, 3.05) is 25.0 Å². The highest BCUT2D eigenvalue weighted by molar-refractivity contribution is 5.39. The highest BCUT2D eigenvalue weighted by Gasteiger charge is 2.07. The van der Waals surface area contributed by atoms with Gasteiger partial charge in [0.2, 0.25) is 0 Å². The fourth-order valence-corrected chi connectivity index (χ4v) is 2.41. The van der Waals surface area contributed by atoms with Gasteiger partial charge in [0.15, 0.2) is 0 Å². The SMILES string of the molecule is CCN(CC)CCn1cc(NC(C)Cc2ccco2)cn1. The molecule has 0 radical (unpaired) electrons. The highest BCUT2D eigenvalue weighted by Crippen LogP contribution is 2.11. The van der Waals surface area contributed by atoms with Crippen molar-refractivity contribution in [2.24, 2.45) is 0 Å². The van der Waals surface area contributed by atoms with Gasteiger partial charge in [0, 0.05) is 25.2 Å². The Balaban J connectivity index is 1.79. The standard InChI is InChI=1S/C16H26N4O/c1-4-19(5-2)8-9-20-13-15(12-17-20)18-14(3)11-16-7-6-10-21-16/h6-7,10,12-14,18H,4-5,8-9,11H2,1-3H3. The van der Waals surface area contributed by atoms with Crippen molar-refractivity contribution in [3.8, 4) is 0 Å². The molecule has 2 heterocycles. The maximum Gasteiger partial charge on any atom is 0.105 e. The topological polar surface area (TPSA) is 46.2 Å². The number of aromatic nitrogens is 2. The van der Waals surface area contributed by atoms with Crippen LogP contribution >= 0.6 is 0 Å². The van der Waals surface area contributed by atoms with Gasteiger partial charge in [0.25, 0.3) is 0 Å². The molecule has 1 unspecified atom stereocenters. The molecule has 0 spiro atoms. The fraction of sp³-hybridized carbons (Fsp3) is 0.562. The molecule has 0 bridgehead atoms. The van der Waals surface area contributed by atoms with Crippen LogP contribution in [0.2, 0.25) is 0 Å². The normalized spacial score (nSPS) is 12.8. The second-order valence-electron chi connectivity index (χ2n) is 5.35. The average Bonchev–Trinajstić information content (AvgIpc) is 3.12. The van der Waals surface area contributed by atoms with E-state index in [-0.39, 0.29) is 0 Å². The number of furan rings is 1. The van der Waals surface area contributed by atoms with Gasteiger partial charge in [-0.2, -0.15) is 5.10 Å². The summed E-state index contributed by atoms with van der Waals surface area (Å²) in [5.74, 6) is 1.00. The summed E-state index contributed by atoms with van der Waals surface area (Å²) < 4.78 is 7.37. The van der Waals surface area contributed by atoms with Gasteiger partial charge in [-0.25, -0.2) is 0 Å². The summed E-state index contributed by atoms with van der Waals surface area (Å²) in [5, 5.41) is 7.87. The molecule has 5 nitrogen and oxygen atoms in total. The van der Waals surface area contributed by atoms with E-state index in [1.807, 2.05) is 23.0 Å². The number of hydrogen-bond acceptors (Lipinski definition) is 4. The van der Waals surface area contributed by atoms with Crippen LogP contribution in [0.4, 0.5) is 5.69 Å². The molecule has 0 saturated heterocycles. The zero-order valence-corrected chi connectivity index (χ0v) is 13.2. The maximum atomic E-state index is 5.37. The lowest BCUT2D eigenvalue weighted by Gasteiger charge is -2.17. The number of nitrogens with one attached hydrogen (secondary N) is 1. The van der Waals surface area contributed by atoms with E-state index in [9.17, 15) is 0 Å². The van der Waals surface area contributed by atoms with Crippen LogP contribution in [0.5, 0.6) is 0 Å². The molecule has 0 aliphatic rings. The molecule has 1 N–H and O–H groups in total. The monoisotopic (exact) mass is 290 g/mol. The third-order valence-corrected chi connectivity index (χ3v) is 3.67. The van der Waals surface area contributed by atoms with E-state index in [0.29, 0.717) is 6.04 Å². The minimum Gasteiger partial charge on any atom is -0.469 e. The van der Waals surface area contributed by atoms with E-state index in [0.717, 1.165) is 44.0 Å². The van der Waals surface area contributed by atoms with Gasteiger partial charge in [0.05, 0.1) is 24.7 Å². The molecule has 0 fully saturated rings. The summed E-state index contributed by atoms with van der Waals surface area (Å²) in [6.07, 6.45) is 6.55. The molecule has 2 aromatic rings. The summed E-state index contributed by atoms with van der Waals surface area (Å²) in [7, 11) is 0. The number of nitrogens with zero attached hydrogens (tertiary/aromatic N) is 3. The van der Waals surface area contributed by atoms with Crippen LogP contribution in [-0.4, -0.2) is 40.4 Å². The molecule has 5 heteroatoms. The van der Waals surface area contributed by atoms with Crippen molar-refractivity contribution >= 4 is 5.69 Å². The van der Waals surface area contributed by atoms with Crippen LogP contribution in [0, 0.1) is 0 Å². The molecule has 1 atom stereocenters. The third-order valence-electron chi connectivity index (χ3n) is 3.67. The molecule has 0 aliphatic heterocycles. The quantitative estimate of drug-likeness (QED) is 0.771. The van der Waals surface area contributed by atoms with Crippen molar-refractivity contribution in [3.63, 3.8) is 0 Å². The van der Waals surface area contributed by atoms with Gasteiger partial charge in [-0.05, 0) is 32.1 Å². The molecule has 2 rings (SSSR count). The second kappa shape index (κ2) is 7.88. The van der Waals surface area contributed by atoms with Crippen LogP contribution in [0.1, 0.15) is 26.5 Å². The van der Waals surface area contributed by atoms with Crippen LogP contribution < -0.4 is 5.32 Å². The molecule has 21 heavy (non-hydrogen) atoms. The Labute approximate surface area is 126 Å². The summed E-state index contributed by atoms with van der Waals surface area (Å²) in [5.41, 5.74) is 1.06. The van der Waals surface area contributed by atoms with E-state index >= 15 is 0 Å². The van der Waals surface area contributed by atoms with Crippen molar-refractivity contribution in [3.05, 3.63) is 36.5 Å². The van der Waals surface area contributed by atoms with Crippen LogP contribution in [0.15, 0.2) is 35.2 Å². The first-order valence-electron chi connectivity index (χ1n) is 7.75. The minimum absolute atomic E-state index is 0.316. The summed E-state index contributed by atoms with van der Waals surface area (Å²) in [6, 6.07) is 4.25. The predicted octanol–water partition coefficient (Wildman–Crippen LogP) is 2.86. The number of anilines is 1. The summed E-state index contributed by atoms with van der Waals surface area (Å²) in [6.45, 7) is 10.7.